The second-order valence-corrected chi connectivity index (χ2v) is 7.43. The highest BCUT2D eigenvalue weighted by Crippen LogP contribution is 2.27. The lowest BCUT2D eigenvalue weighted by Gasteiger charge is -2.19. The number of hydrogen-bond donors (Lipinski definition) is 3. The quantitative estimate of drug-likeness (QED) is 0.559. The lowest BCUT2D eigenvalue weighted by atomic mass is 10.3. The molecule has 0 heterocycles. The van der Waals surface area contributed by atoms with Crippen molar-refractivity contribution in [2.45, 2.75) is 31.6 Å². The molecule has 0 bridgehead atoms. The molecule has 1 rings (SSSR count). The fourth-order valence-electron chi connectivity index (χ4n) is 2.10. The van der Waals surface area contributed by atoms with Crippen LogP contribution in [0.2, 0.25) is 5.02 Å². The maximum Gasteiger partial charge on any atom is 0.319 e. The zero-order valence-electron chi connectivity index (χ0n) is 14.1. The molecule has 0 aliphatic heterocycles. The van der Waals surface area contributed by atoms with Crippen molar-refractivity contribution >= 4 is 39.3 Å². The topological polar surface area (TPSA) is 116 Å². The van der Waals surface area contributed by atoms with Gasteiger partial charge in [0.05, 0.1) is 5.02 Å². The molecule has 3 N–H and O–H groups in total. The SMILES string of the molecule is CCN(CC)S(=O)(=O)c1cc(NC(=O)NCCCC(=O)O)ccc1Cl. The van der Waals surface area contributed by atoms with E-state index in [2.05, 4.69) is 10.6 Å². The maximum atomic E-state index is 12.6. The van der Waals surface area contributed by atoms with Crippen LogP contribution in [0.1, 0.15) is 26.7 Å². The molecule has 0 saturated carbocycles. The van der Waals surface area contributed by atoms with Crippen LogP contribution in [0.4, 0.5) is 10.5 Å². The summed E-state index contributed by atoms with van der Waals surface area (Å²) in [6, 6.07) is 3.63. The summed E-state index contributed by atoms with van der Waals surface area (Å²) in [4.78, 5) is 22.1. The van der Waals surface area contributed by atoms with Gasteiger partial charge in [-0.25, -0.2) is 13.2 Å². The molecule has 0 aromatic heterocycles. The van der Waals surface area contributed by atoms with Gasteiger partial charge in [-0.05, 0) is 24.6 Å². The number of amides is 2. The summed E-state index contributed by atoms with van der Waals surface area (Å²) in [6.07, 6.45) is 0.248. The number of anilines is 1. The number of halogens is 1. The second-order valence-electron chi connectivity index (χ2n) is 5.11. The minimum Gasteiger partial charge on any atom is -0.481 e. The fraction of sp³-hybridized carbons (Fsp3) is 0.467. The normalized spacial score (nSPS) is 11.4. The molecule has 0 radical (unpaired) electrons. The van der Waals surface area contributed by atoms with Crippen LogP contribution in [0.3, 0.4) is 0 Å². The number of carbonyl (C=O) groups excluding carboxylic acids is 1. The monoisotopic (exact) mass is 391 g/mol. The number of carboxylic acids is 1. The number of hydrogen-bond acceptors (Lipinski definition) is 4. The number of aliphatic carboxylic acids is 1. The summed E-state index contributed by atoms with van der Waals surface area (Å²) in [5.41, 5.74) is 0.269. The molecule has 1 aromatic carbocycles. The van der Waals surface area contributed by atoms with Crippen LogP contribution in [0.25, 0.3) is 0 Å². The minimum absolute atomic E-state index is 0.0481. The highest BCUT2D eigenvalue weighted by molar-refractivity contribution is 7.89. The van der Waals surface area contributed by atoms with Gasteiger partial charge in [0.15, 0.2) is 0 Å². The summed E-state index contributed by atoms with van der Waals surface area (Å²) in [5.74, 6) is -0.939. The zero-order chi connectivity index (χ0) is 19.0. The Bertz CT molecular complexity index is 720. The van der Waals surface area contributed by atoms with Crippen molar-refractivity contribution in [3.8, 4) is 0 Å². The van der Waals surface area contributed by atoms with Crippen LogP contribution < -0.4 is 10.6 Å². The Hall–Kier alpha value is -1.84. The molecule has 0 spiro atoms. The van der Waals surface area contributed by atoms with Crippen LogP contribution in [0, 0.1) is 0 Å². The van der Waals surface area contributed by atoms with Gasteiger partial charge in [-0.2, -0.15) is 4.31 Å². The minimum atomic E-state index is -3.76. The van der Waals surface area contributed by atoms with E-state index < -0.39 is 22.0 Å². The van der Waals surface area contributed by atoms with Gasteiger partial charge in [0.2, 0.25) is 10.0 Å². The molecule has 0 aliphatic rings. The molecule has 2 amide bonds. The molecule has 8 nitrogen and oxygen atoms in total. The smallest absolute Gasteiger partial charge is 0.319 e. The number of benzene rings is 1. The Morgan fingerprint density at radius 3 is 2.44 bits per heavy atom. The summed E-state index contributed by atoms with van der Waals surface area (Å²) >= 11 is 6.02. The number of sulfonamides is 1. The van der Waals surface area contributed by atoms with Crippen LogP contribution in [-0.2, 0) is 14.8 Å². The van der Waals surface area contributed by atoms with Gasteiger partial charge >= 0.3 is 12.0 Å². The molecule has 140 valence electrons. The molecule has 25 heavy (non-hydrogen) atoms. The van der Waals surface area contributed by atoms with E-state index in [9.17, 15) is 18.0 Å². The Kier molecular flexibility index (Phi) is 8.14. The van der Waals surface area contributed by atoms with Gasteiger partial charge in [0.25, 0.3) is 0 Å². The van der Waals surface area contributed by atoms with E-state index in [0.717, 1.165) is 0 Å². The lowest BCUT2D eigenvalue weighted by molar-refractivity contribution is -0.137. The average Bonchev–Trinajstić information content (AvgIpc) is 2.54. The van der Waals surface area contributed by atoms with Crippen molar-refractivity contribution < 1.29 is 23.1 Å². The number of nitrogens with one attached hydrogen (secondary N) is 2. The van der Waals surface area contributed by atoms with Gasteiger partial charge in [0.1, 0.15) is 4.90 Å². The Balaban J connectivity index is 2.84. The lowest BCUT2D eigenvalue weighted by Crippen LogP contribution is -2.31. The number of carbonyl (C=O) groups is 2. The van der Waals surface area contributed by atoms with Crippen LogP contribution in [0.15, 0.2) is 23.1 Å². The van der Waals surface area contributed by atoms with E-state index in [1.165, 1.54) is 22.5 Å². The summed E-state index contributed by atoms with van der Waals surface area (Å²) in [5, 5.41) is 13.6. The molecule has 0 saturated heterocycles. The first-order valence-corrected chi connectivity index (χ1v) is 9.60. The fourth-order valence-corrected chi connectivity index (χ4v) is 4.06. The van der Waals surface area contributed by atoms with Crippen molar-refractivity contribution in [1.82, 2.24) is 9.62 Å². The van der Waals surface area contributed by atoms with E-state index in [1.54, 1.807) is 13.8 Å². The van der Waals surface area contributed by atoms with Crippen molar-refractivity contribution in [2.75, 3.05) is 25.0 Å². The molecular weight excluding hydrogens is 370 g/mol. The molecule has 0 fully saturated rings. The van der Waals surface area contributed by atoms with Crippen molar-refractivity contribution in [1.29, 1.82) is 0 Å². The van der Waals surface area contributed by atoms with Gasteiger partial charge in [-0.15, -0.1) is 0 Å². The third-order valence-electron chi connectivity index (χ3n) is 3.37. The Labute approximate surface area is 152 Å². The molecule has 0 unspecified atom stereocenters. The molecule has 10 heteroatoms. The third-order valence-corrected chi connectivity index (χ3v) is 5.90. The Morgan fingerprint density at radius 2 is 1.88 bits per heavy atom. The number of rotatable bonds is 9. The van der Waals surface area contributed by atoms with Crippen molar-refractivity contribution in [3.63, 3.8) is 0 Å². The molecular formula is C15H22ClN3O5S. The van der Waals surface area contributed by atoms with Crippen molar-refractivity contribution in [3.05, 3.63) is 23.2 Å². The maximum absolute atomic E-state index is 12.6. The Morgan fingerprint density at radius 1 is 1.24 bits per heavy atom. The van der Waals surface area contributed by atoms with Crippen LogP contribution in [-0.4, -0.2) is 49.5 Å². The van der Waals surface area contributed by atoms with E-state index >= 15 is 0 Å². The predicted molar refractivity (Wildman–Crippen MR) is 95.5 cm³/mol. The zero-order valence-corrected chi connectivity index (χ0v) is 15.7. The van der Waals surface area contributed by atoms with Gasteiger partial charge < -0.3 is 15.7 Å². The summed E-state index contributed by atoms with van der Waals surface area (Å²) < 4.78 is 26.4. The molecule has 0 aliphatic carbocycles. The number of nitrogens with zero attached hydrogens (tertiary/aromatic N) is 1. The molecule has 1 aromatic rings. The highest BCUT2D eigenvalue weighted by atomic mass is 35.5. The first kappa shape index (κ1) is 21.2. The first-order chi connectivity index (χ1) is 11.7. The standard InChI is InChI=1S/C15H22ClN3O5S/c1-3-19(4-2)25(23,24)13-10-11(7-8-12(13)16)18-15(22)17-9-5-6-14(20)21/h7-8,10H,3-6,9H2,1-2H3,(H,20,21)(H2,17,18,22). The van der Waals surface area contributed by atoms with E-state index in [0.29, 0.717) is 19.5 Å². The van der Waals surface area contributed by atoms with Crippen molar-refractivity contribution in [2.24, 2.45) is 0 Å². The molecule has 0 atom stereocenters. The van der Waals surface area contributed by atoms with Gasteiger partial charge in [-0.3, -0.25) is 4.79 Å². The summed E-state index contributed by atoms with van der Waals surface area (Å²) in [6.45, 7) is 4.24. The number of carboxylic acid groups (broad SMARTS) is 1. The average molecular weight is 392 g/mol. The first-order valence-electron chi connectivity index (χ1n) is 7.78. The van der Waals surface area contributed by atoms with Crippen LogP contribution >= 0.6 is 11.6 Å². The summed E-state index contributed by atoms with van der Waals surface area (Å²) in [7, 11) is -3.76. The van der Waals surface area contributed by atoms with E-state index in [-0.39, 0.29) is 28.6 Å². The predicted octanol–water partition coefficient (Wildman–Crippen LogP) is 2.36. The third kappa shape index (κ3) is 6.18. The van der Waals surface area contributed by atoms with Crippen LogP contribution in [0.5, 0.6) is 0 Å². The second kappa shape index (κ2) is 9.59. The van der Waals surface area contributed by atoms with E-state index in [4.69, 9.17) is 16.7 Å². The largest absolute Gasteiger partial charge is 0.481 e. The number of urea groups is 1. The highest BCUT2D eigenvalue weighted by Gasteiger charge is 2.24. The van der Waals surface area contributed by atoms with Gasteiger partial charge in [0, 0.05) is 31.7 Å². The van der Waals surface area contributed by atoms with E-state index in [1.807, 2.05) is 0 Å². The van der Waals surface area contributed by atoms with Gasteiger partial charge in [-0.1, -0.05) is 25.4 Å².